The first-order valence-corrected chi connectivity index (χ1v) is 11.1. The first kappa shape index (κ1) is 20.5. The van der Waals surface area contributed by atoms with Gasteiger partial charge in [0.05, 0.1) is 21.7 Å². The zero-order valence-electron chi connectivity index (χ0n) is 17.2. The number of rotatable bonds is 6. The maximum absolute atomic E-state index is 13.6. The molecule has 4 aromatic rings. The van der Waals surface area contributed by atoms with Crippen LogP contribution in [-0.2, 0) is 0 Å². The fourth-order valence-corrected chi connectivity index (χ4v) is 4.82. The van der Waals surface area contributed by atoms with E-state index in [-0.39, 0.29) is 23.5 Å². The van der Waals surface area contributed by atoms with Crippen molar-refractivity contribution in [3.63, 3.8) is 0 Å². The number of aromatic nitrogens is 1. The predicted octanol–water partition coefficient (Wildman–Crippen LogP) is 4.35. The van der Waals surface area contributed by atoms with Gasteiger partial charge >= 0.3 is 0 Å². The molecule has 2 aromatic carbocycles. The van der Waals surface area contributed by atoms with Gasteiger partial charge in [0.15, 0.2) is 0 Å². The van der Waals surface area contributed by atoms with E-state index >= 15 is 0 Å². The van der Waals surface area contributed by atoms with Gasteiger partial charge in [-0.2, -0.15) is 0 Å². The molecule has 1 unspecified atom stereocenters. The molecule has 2 aromatic heterocycles. The quantitative estimate of drug-likeness (QED) is 0.428. The number of nitrogens with one attached hydrogen (secondary N) is 2. The molecule has 0 saturated carbocycles. The van der Waals surface area contributed by atoms with Crippen LogP contribution in [0.4, 0.5) is 4.39 Å². The van der Waals surface area contributed by atoms with Crippen LogP contribution in [-0.4, -0.2) is 35.3 Å². The van der Waals surface area contributed by atoms with Gasteiger partial charge in [0.25, 0.3) is 5.91 Å². The highest BCUT2D eigenvalue weighted by Crippen LogP contribution is 2.32. The highest BCUT2D eigenvalue weighted by atomic mass is 32.1. The van der Waals surface area contributed by atoms with E-state index in [1.165, 1.54) is 29.7 Å². The maximum Gasteiger partial charge on any atom is 0.252 e. The third-order valence-electron chi connectivity index (χ3n) is 5.65. The lowest BCUT2D eigenvalue weighted by molar-refractivity contribution is 0.0810. The van der Waals surface area contributed by atoms with Crippen molar-refractivity contribution in [2.45, 2.75) is 25.4 Å². The summed E-state index contributed by atoms with van der Waals surface area (Å²) >= 11 is 1.37. The molecule has 1 saturated heterocycles. The fourth-order valence-electron chi connectivity index (χ4n) is 3.89. The molecule has 0 radical (unpaired) electrons. The van der Waals surface area contributed by atoms with Crippen LogP contribution in [0.15, 0.2) is 59.2 Å². The van der Waals surface area contributed by atoms with Crippen LogP contribution < -0.4 is 10.6 Å². The average Bonchev–Trinajstić information content (AvgIpc) is 3.38. The second-order valence-electron chi connectivity index (χ2n) is 7.72. The van der Waals surface area contributed by atoms with E-state index in [0.717, 1.165) is 23.5 Å². The number of nitrogens with zero attached hydrogens (tertiary/aromatic N) is 1. The molecule has 2 N–H and O–H groups in total. The molecule has 1 amide bonds. The standard InChI is InChI=1S/C24H20FN3O3S/c1-13-27-21(23(32-13)14-5-7-15(25)8-6-14)22(29)20(18-9-11-26-18)28-24(30)17-3-2-4-19-16(17)10-12-31-19/h2-8,10,12,18,20,26H,9,11H2,1H3,(H,28,30)/t18-,20?/m0/s1. The molecule has 8 heteroatoms. The Kier molecular flexibility index (Phi) is 5.32. The number of Topliss-reactive ketones (excluding diaryl/α,β-unsaturated/α-hetero) is 1. The zero-order valence-corrected chi connectivity index (χ0v) is 18.0. The van der Waals surface area contributed by atoms with Gasteiger partial charge < -0.3 is 15.1 Å². The highest BCUT2D eigenvalue weighted by Gasteiger charge is 2.37. The molecule has 6 nitrogen and oxygen atoms in total. The Hall–Kier alpha value is -3.36. The monoisotopic (exact) mass is 449 g/mol. The van der Waals surface area contributed by atoms with Gasteiger partial charge in [0.1, 0.15) is 23.1 Å². The van der Waals surface area contributed by atoms with Crippen molar-refractivity contribution < 1.29 is 18.4 Å². The highest BCUT2D eigenvalue weighted by molar-refractivity contribution is 7.15. The van der Waals surface area contributed by atoms with E-state index in [1.807, 2.05) is 6.92 Å². The second kappa shape index (κ2) is 8.29. The summed E-state index contributed by atoms with van der Waals surface area (Å²) in [6.45, 7) is 2.60. The predicted molar refractivity (Wildman–Crippen MR) is 120 cm³/mol. The minimum absolute atomic E-state index is 0.182. The van der Waals surface area contributed by atoms with Crippen molar-refractivity contribution in [2.24, 2.45) is 0 Å². The van der Waals surface area contributed by atoms with Crippen molar-refractivity contribution in [3.8, 4) is 10.4 Å². The third kappa shape index (κ3) is 3.72. The van der Waals surface area contributed by atoms with Gasteiger partial charge in [0.2, 0.25) is 5.78 Å². The fraction of sp³-hybridized carbons (Fsp3) is 0.208. The number of ketones is 1. The van der Waals surface area contributed by atoms with Crippen LogP contribution in [0.2, 0.25) is 0 Å². The first-order chi connectivity index (χ1) is 15.5. The molecular weight excluding hydrogens is 429 g/mol. The lowest BCUT2D eigenvalue weighted by Gasteiger charge is -2.34. The van der Waals surface area contributed by atoms with Crippen LogP contribution in [0.1, 0.15) is 32.3 Å². The Balaban J connectivity index is 1.48. The number of hydrogen-bond donors (Lipinski definition) is 2. The van der Waals surface area contributed by atoms with Gasteiger partial charge in [-0.15, -0.1) is 11.3 Å². The number of benzene rings is 2. The molecule has 5 rings (SSSR count). The number of hydrogen-bond acceptors (Lipinski definition) is 6. The SMILES string of the molecule is Cc1nc(C(=O)C(NC(=O)c2cccc3occc23)[C@@H]2CCN2)c(-c2ccc(F)cc2)s1. The molecule has 2 atom stereocenters. The van der Waals surface area contributed by atoms with Gasteiger partial charge in [-0.25, -0.2) is 9.37 Å². The maximum atomic E-state index is 13.6. The first-order valence-electron chi connectivity index (χ1n) is 10.3. The van der Waals surface area contributed by atoms with E-state index in [0.29, 0.717) is 27.1 Å². The molecule has 1 aliphatic heterocycles. The zero-order chi connectivity index (χ0) is 22.2. The molecular formula is C24H20FN3O3S. The Morgan fingerprint density at radius 2 is 2.00 bits per heavy atom. The van der Waals surface area contributed by atoms with Crippen LogP contribution in [0.3, 0.4) is 0 Å². The van der Waals surface area contributed by atoms with Crippen molar-refractivity contribution in [2.75, 3.05) is 6.54 Å². The summed E-state index contributed by atoms with van der Waals surface area (Å²) in [6, 6.07) is 12.0. The van der Waals surface area contributed by atoms with E-state index in [2.05, 4.69) is 15.6 Å². The molecule has 162 valence electrons. The number of amides is 1. The Bertz CT molecular complexity index is 1310. The summed E-state index contributed by atoms with van der Waals surface area (Å²) in [5, 5.41) is 7.57. The van der Waals surface area contributed by atoms with Gasteiger partial charge in [-0.1, -0.05) is 18.2 Å². The number of furan rings is 1. The molecule has 0 bridgehead atoms. The molecule has 3 heterocycles. The topological polar surface area (TPSA) is 84.2 Å². The summed E-state index contributed by atoms with van der Waals surface area (Å²) in [7, 11) is 0. The average molecular weight is 450 g/mol. The Morgan fingerprint density at radius 3 is 2.72 bits per heavy atom. The Labute approximate surface area is 187 Å². The number of fused-ring (bicyclic) bond motifs is 1. The minimum atomic E-state index is -0.779. The summed E-state index contributed by atoms with van der Waals surface area (Å²) < 4.78 is 18.8. The minimum Gasteiger partial charge on any atom is -0.464 e. The molecule has 1 fully saturated rings. The summed E-state index contributed by atoms with van der Waals surface area (Å²) in [5.74, 6) is -0.960. The summed E-state index contributed by atoms with van der Waals surface area (Å²) in [5.41, 5.74) is 2.06. The number of aryl methyl sites for hydroxylation is 1. The van der Waals surface area contributed by atoms with E-state index in [9.17, 15) is 14.0 Å². The van der Waals surface area contributed by atoms with Crippen LogP contribution in [0.5, 0.6) is 0 Å². The van der Waals surface area contributed by atoms with Gasteiger partial charge in [-0.3, -0.25) is 9.59 Å². The largest absolute Gasteiger partial charge is 0.464 e. The normalized spacial score (nSPS) is 16.5. The number of carbonyl (C=O) groups is 2. The third-order valence-corrected chi connectivity index (χ3v) is 6.67. The van der Waals surface area contributed by atoms with Crippen molar-refractivity contribution in [3.05, 3.63) is 76.9 Å². The number of carbonyl (C=O) groups excluding carboxylic acids is 2. The smallest absolute Gasteiger partial charge is 0.252 e. The van der Waals surface area contributed by atoms with Crippen molar-refractivity contribution >= 4 is 34.0 Å². The van der Waals surface area contributed by atoms with Crippen LogP contribution >= 0.6 is 11.3 Å². The number of halogens is 1. The molecule has 0 aliphatic carbocycles. The van der Waals surface area contributed by atoms with Gasteiger partial charge in [-0.05, 0) is 55.8 Å². The van der Waals surface area contributed by atoms with Crippen molar-refractivity contribution in [1.29, 1.82) is 0 Å². The van der Waals surface area contributed by atoms with Crippen molar-refractivity contribution in [1.82, 2.24) is 15.6 Å². The molecule has 0 spiro atoms. The lowest BCUT2D eigenvalue weighted by atomic mass is 9.92. The van der Waals surface area contributed by atoms with Crippen LogP contribution in [0.25, 0.3) is 21.4 Å². The summed E-state index contributed by atoms with van der Waals surface area (Å²) in [4.78, 5) is 31.9. The van der Waals surface area contributed by atoms with Crippen LogP contribution in [0, 0.1) is 12.7 Å². The number of thiazole rings is 1. The Morgan fingerprint density at radius 1 is 1.22 bits per heavy atom. The lowest BCUT2D eigenvalue weighted by Crippen LogP contribution is -2.60. The molecule has 32 heavy (non-hydrogen) atoms. The van der Waals surface area contributed by atoms with E-state index in [4.69, 9.17) is 4.42 Å². The molecule has 1 aliphatic rings. The van der Waals surface area contributed by atoms with E-state index in [1.54, 1.807) is 36.4 Å². The van der Waals surface area contributed by atoms with Gasteiger partial charge in [0, 0.05) is 11.4 Å². The van der Waals surface area contributed by atoms with E-state index < -0.39 is 6.04 Å². The summed E-state index contributed by atoms with van der Waals surface area (Å²) in [6.07, 6.45) is 2.30. The second-order valence-corrected chi connectivity index (χ2v) is 8.92.